The summed E-state index contributed by atoms with van der Waals surface area (Å²) < 4.78 is 30.4. The molecule has 0 atom stereocenters. The first-order chi connectivity index (χ1) is 5.45. The van der Waals surface area contributed by atoms with Crippen LogP contribution in [0.2, 0.25) is 0 Å². The van der Waals surface area contributed by atoms with Gasteiger partial charge in [0.05, 0.1) is 0 Å². The van der Waals surface area contributed by atoms with Crippen molar-refractivity contribution in [1.29, 1.82) is 0 Å². The van der Waals surface area contributed by atoms with Gasteiger partial charge in [0.1, 0.15) is 0 Å². The maximum Gasteiger partial charge on any atom is 0.454 e. The Morgan fingerprint density at radius 1 is 1.08 bits per heavy atom. The summed E-state index contributed by atoms with van der Waals surface area (Å²) in [5, 5.41) is 0. The zero-order valence-electron chi connectivity index (χ0n) is 6.23. The van der Waals surface area contributed by atoms with Crippen molar-refractivity contribution in [2.45, 2.75) is 12.7 Å². The van der Waals surface area contributed by atoms with E-state index < -0.39 is 6.30 Å². The van der Waals surface area contributed by atoms with E-state index in [4.69, 9.17) is 0 Å². The molecule has 0 saturated heterocycles. The molecule has 66 valence electrons. The van der Waals surface area contributed by atoms with Gasteiger partial charge in [-0.2, -0.15) is 13.2 Å². The molecule has 0 saturated carbocycles. The fourth-order valence-electron chi connectivity index (χ4n) is 1.01. The van der Waals surface area contributed by atoms with Crippen molar-refractivity contribution in [1.82, 2.24) is 0 Å². The Kier molecular flexibility index (Phi) is 2.38. The smallest absolute Gasteiger partial charge is 0.242 e. The molecular formula is C8H8F3N. The number of alkyl halides is 3. The molecule has 0 aromatic rings. The Bertz CT molecular complexity index is 232. The fourth-order valence-corrected chi connectivity index (χ4v) is 1.01. The van der Waals surface area contributed by atoms with Crippen LogP contribution in [0.4, 0.5) is 13.2 Å². The lowest BCUT2D eigenvalue weighted by Gasteiger charge is -1.89. The van der Waals surface area contributed by atoms with Crippen LogP contribution in [0.5, 0.6) is 0 Å². The second-order valence-corrected chi connectivity index (χ2v) is 2.53. The summed E-state index contributed by atoms with van der Waals surface area (Å²) in [7, 11) is 0. The zero-order valence-corrected chi connectivity index (χ0v) is 6.23. The third-order valence-electron chi connectivity index (χ3n) is 1.43. The van der Waals surface area contributed by atoms with Gasteiger partial charge >= 0.3 is 6.30 Å². The lowest BCUT2D eigenvalue weighted by Crippen LogP contribution is -2.20. The van der Waals surface area contributed by atoms with Gasteiger partial charge in [-0.05, 0) is 17.6 Å². The molecule has 0 aromatic carbocycles. The summed E-state index contributed by atoms with van der Waals surface area (Å²) in [6.45, 7) is 0. The van der Waals surface area contributed by atoms with E-state index in [1.807, 2.05) is 0 Å². The average Bonchev–Trinajstić information content (AvgIpc) is 2.42. The van der Waals surface area contributed by atoms with E-state index in [0.29, 0.717) is 0 Å². The Balaban J connectivity index is 0.000000130. The number of halogens is 3. The van der Waals surface area contributed by atoms with Crippen LogP contribution in [0.25, 0.3) is 0 Å². The Labute approximate surface area is 68.1 Å². The van der Waals surface area contributed by atoms with E-state index >= 15 is 0 Å². The Hall–Kier alpha value is -1.03. The summed E-state index contributed by atoms with van der Waals surface area (Å²) in [6, 6.07) is 0. The molecule has 0 unspecified atom stereocenters. The van der Waals surface area contributed by atoms with Crippen LogP contribution in [0.15, 0.2) is 35.5 Å². The van der Waals surface area contributed by atoms with E-state index in [-0.39, 0.29) is 0 Å². The monoisotopic (exact) mass is 175 g/mol. The molecule has 2 rings (SSSR count). The van der Waals surface area contributed by atoms with Gasteiger partial charge in [0.15, 0.2) is 0 Å². The lowest BCUT2D eigenvalue weighted by atomic mass is 10.3. The van der Waals surface area contributed by atoms with E-state index in [1.54, 1.807) is 0 Å². The van der Waals surface area contributed by atoms with E-state index in [1.165, 1.54) is 17.6 Å². The highest BCUT2D eigenvalue weighted by atomic mass is 19.4. The third-order valence-corrected chi connectivity index (χ3v) is 1.43. The van der Waals surface area contributed by atoms with Crippen LogP contribution >= 0.6 is 0 Å². The van der Waals surface area contributed by atoms with E-state index in [9.17, 15) is 13.2 Å². The van der Waals surface area contributed by atoms with Gasteiger partial charge in [0, 0.05) is 0 Å². The summed E-state index contributed by atoms with van der Waals surface area (Å²) in [4.78, 5) is 0. The predicted octanol–water partition coefficient (Wildman–Crippen LogP) is 2.28. The Morgan fingerprint density at radius 2 is 1.42 bits per heavy atom. The number of rotatable bonds is 0. The second kappa shape index (κ2) is 3.15. The summed E-state index contributed by atoms with van der Waals surface area (Å²) in [6.07, 6.45) is 5.40. The summed E-state index contributed by atoms with van der Waals surface area (Å²) in [5.41, 5.74) is 6.29. The normalized spacial score (nSPS) is 18.3. The lowest BCUT2D eigenvalue weighted by molar-refractivity contribution is -0.122. The summed E-state index contributed by atoms with van der Waals surface area (Å²) >= 11 is 0. The van der Waals surface area contributed by atoms with Gasteiger partial charge < -0.3 is 0 Å². The third kappa shape index (κ3) is 3.39. The number of allylic oxidation sites excluding steroid dienone is 6. The van der Waals surface area contributed by atoms with E-state index in [0.717, 1.165) is 0 Å². The van der Waals surface area contributed by atoms with Gasteiger partial charge in [-0.15, -0.1) is 0 Å². The van der Waals surface area contributed by atoms with Crippen LogP contribution in [0.3, 0.4) is 0 Å². The average molecular weight is 175 g/mol. The Morgan fingerprint density at radius 3 is 1.50 bits per heavy atom. The summed E-state index contributed by atoms with van der Waals surface area (Å²) in [5.74, 6) is 0. The molecule has 2 aliphatic rings. The fraction of sp³-hybridized carbons (Fsp3) is 0.250. The molecule has 0 aliphatic heterocycles. The van der Waals surface area contributed by atoms with Crippen LogP contribution in [-0.2, 0) is 0 Å². The largest absolute Gasteiger partial charge is 0.454 e. The molecule has 0 spiro atoms. The molecule has 2 aliphatic carbocycles. The predicted molar refractivity (Wildman–Crippen MR) is 40.2 cm³/mol. The minimum absolute atomic E-state index is 1.19. The second-order valence-electron chi connectivity index (χ2n) is 2.53. The van der Waals surface area contributed by atoms with Crippen molar-refractivity contribution in [3.8, 4) is 0 Å². The van der Waals surface area contributed by atoms with Crippen molar-refractivity contribution >= 4 is 0 Å². The number of hydrogen-bond acceptors (Lipinski definition) is 1. The van der Waals surface area contributed by atoms with Crippen molar-refractivity contribution in [3.05, 3.63) is 35.5 Å². The van der Waals surface area contributed by atoms with Crippen molar-refractivity contribution in [3.63, 3.8) is 0 Å². The minimum atomic E-state index is -4.50. The maximum atomic E-state index is 10.1. The highest BCUT2D eigenvalue weighted by Crippen LogP contribution is 2.27. The number of hydrogen-bond donors (Lipinski definition) is 1. The van der Waals surface area contributed by atoms with E-state index in [2.05, 4.69) is 30.0 Å². The topological polar surface area (TPSA) is 26.0 Å². The molecule has 0 amide bonds. The van der Waals surface area contributed by atoms with Crippen molar-refractivity contribution in [2.75, 3.05) is 0 Å². The quantitative estimate of drug-likeness (QED) is 0.561. The maximum absolute atomic E-state index is 10.1. The van der Waals surface area contributed by atoms with Crippen molar-refractivity contribution < 1.29 is 13.2 Å². The molecular weight excluding hydrogens is 167 g/mol. The first-order valence-electron chi connectivity index (χ1n) is 3.38. The molecule has 1 nitrogen and oxygen atoms in total. The zero-order chi connectivity index (χ0) is 9.19. The van der Waals surface area contributed by atoms with Crippen LogP contribution in [0, 0.1) is 0 Å². The molecule has 4 heteroatoms. The van der Waals surface area contributed by atoms with Crippen LogP contribution in [-0.4, -0.2) is 6.30 Å². The minimum Gasteiger partial charge on any atom is -0.242 e. The molecule has 0 heterocycles. The SMILES string of the molecule is C1=CC2=CC=C1C2.NC(F)(F)F. The number of fused-ring (bicyclic) bond motifs is 2. The van der Waals surface area contributed by atoms with Gasteiger partial charge in [0.2, 0.25) is 0 Å². The van der Waals surface area contributed by atoms with Gasteiger partial charge in [-0.3, -0.25) is 0 Å². The van der Waals surface area contributed by atoms with Crippen LogP contribution < -0.4 is 5.73 Å². The highest BCUT2D eigenvalue weighted by Gasteiger charge is 2.17. The highest BCUT2D eigenvalue weighted by molar-refractivity contribution is 5.49. The van der Waals surface area contributed by atoms with Gasteiger partial charge in [-0.25, -0.2) is 5.73 Å². The molecule has 0 radical (unpaired) electrons. The van der Waals surface area contributed by atoms with Crippen LogP contribution in [0.1, 0.15) is 6.42 Å². The standard InChI is InChI=1S/C7H6.CH2F3N/c1-2-7-4-3-6(1)5-7;2-1(3,4)5/h1-4H,5H2;5H2. The molecule has 2 N–H and O–H groups in total. The molecule has 2 bridgehead atoms. The molecule has 12 heavy (non-hydrogen) atoms. The molecule has 0 aromatic heterocycles. The number of nitrogens with two attached hydrogens (primary N) is 1. The first kappa shape index (κ1) is 9.06. The first-order valence-corrected chi connectivity index (χ1v) is 3.38. The molecule has 0 fully saturated rings. The van der Waals surface area contributed by atoms with Gasteiger partial charge in [-0.1, -0.05) is 24.3 Å². The van der Waals surface area contributed by atoms with Crippen molar-refractivity contribution in [2.24, 2.45) is 5.73 Å². The van der Waals surface area contributed by atoms with Gasteiger partial charge in [0.25, 0.3) is 0 Å².